The summed E-state index contributed by atoms with van der Waals surface area (Å²) in [6.07, 6.45) is -1.77. The number of benzene rings is 2. The third-order valence-electron chi connectivity index (χ3n) is 11.2. The number of ether oxygens (including phenoxy) is 2. The third-order valence-corrected chi connectivity index (χ3v) is 11.6. The fourth-order valence-electron chi connectivity index (χ4n) is 8.38. The highest BCUT2D eigenvalue weighted by atomic mass is 35.5. The standard InChI is InChI=1S/C41H45ClF3N5O5/c1-39(53)22-49(23-39)20-24-13-15-33(47-36(24)54-3)30-12-8-11-29(34(30)42)26-9-7-10-28-27(26)14-16-32(28)46-35-31(41(43,44)45)19-25(37(48-35)55-4)21-50-18-6-5-17-40(50,2)38(51)52/h7-13,15,19,32,53H,5-6,14,16-18,20-23H2,1-4H3,(H,46,48)(H,51,52)/t32-,40+/m0/s1. The number of anilines is 1. The number of halogens is 4. The molecule has 3 N–H and O–H groups in total. The van der Waals surface area contributed by atoms with Crippen LogP contribution in [-0.4, -0.2) is 80.9 Å². The number of fused-ring (bicyclic) bond motifs is 1. The Bertz CT molecular complexity index is 2110. The van der Waals surface area contributed by atoms with E-state index in [1.807, 2.05) is 55.5 Å². The minimum Gasteiger partial charge on any atom is -0.481 e. The van der Waals surface area contributed by atoms with Crippen LogP contribution in [0, 0.1) is 0 Å². The number of methoxy groups -OCH3 is 2. The topological polar surface area (TPSA) is 120 Å². The molecule has 0 spiro atoms. The van der Waals surface area contributed by atoms with Crippen LogP contribution < -0.4 is 14.8 Å². The van der Waals surface area contributed by atoms with Crippen molar-refractivity contribution in [3.8, 4) is 34.1 Å². The summed E-state index contributed by atoms with van der Waals surface area (Å²) in [5, 5.41) is 23.7. The molecule has 4 aromatic rings. The predicted molar refractivity (Wildman–Crippen MR) is 203 cm³/mol. The average molecular weight is 780 g/mol. The van der Waals surface area contributed by atoms with Crippen LogP contribution >= 0.6 is 11.6 Å². The van der Waals surface area contributed by atoms with Gasteiger partial charge in [-0.3, -0.25) is 14.6 Å². The SMILES string of the molecule is COc1nc(-c2cccc(-c3cccc4c3CC[C@@H]4Nc3nc(OC)c(CN4CCCC[C@]4(C)C(=O)O)cc3C(F)(F)F)c2Cl)ccc1CN1CC(C)(O)C1. The number of β-amino-alcohol motifs (C(OH)–C–C–N with tert-alkyl or cyclic N) is 1. The van der Waals surface area contributed by atoms with Crippen LogP contribution in [0.25, 0.3) is 22.4 Å². The van der Waals surface area contributed by atoms with Gasteiger partial charge in [-0.25, -0.2) is 4.98 Å². The second-order valence-corrected chi connectivity index (χ2v) is 15.7. The normalized spacial score (nSPS) is 21.1. The molecule has 14 heteroatoms. The average Bonchev–Trinajstić information content (AvgIpc) is 3.54. The van der Waals surface area contributed by atoms with E-state index >= 15 is 0 Å². The summed E-state index contributed by atoms with van der Waals surface area (Å²) in [5.74, 6) is -0.876. The van der Waals surface area contributed by atoms with Crippen molar-refractivity contribution in [2.75, 3.05) is 39.2 Å². The molecule has 3 aliphatic rings. The van der Waals surface area contributed by atoms with Gasteiger partial charge in [-0.15, -0.1) is 0 Å². The number of piperidine rings is 1. The van der Waals surface area contributed by atoms with Crippen molar-refractivity contribution >= 4 is 23.4 Å². The van der Waals surface area contributed by atoms with E-state index in [1.165, 1.54) is 7.11 Å². The number of carboxylic acids is 1. The Morgan fingerprint density at radius 1 is 0.964 bits per heavy atom. The molecule has 2 aromatic heterocycles. The number of rotatable bonds is 11. The molecule has 0 saturated carbocycles. The Labute approximate surface area is 323 Å². The van der Waals surface area contributed by atoms with Crippen LogP contribution in [0.15, 0.2) is 54.6 Å². The van der Waals surface area contributed by atoms with E-state index < -0.39 is 34.9 Å². The molecule has 2 aliphatic heterocycles. The quantitative estimate of drug-likeness (QED) is 0.138. The molecule has 55 heavy (non-hydrogen) atoms. The number of aromatic nitrogens is 2. The van der Waals surface area contributed by atoms with Crippen LogP contribution in [0.2, 0.25) is 5.02 Å². The van der Waals surface area contributed by atoms with E-state index in [9.17, 15) is 28.2 Å². The largest absolute Gasteiger partial charge is 0.481 e. The van der Waals surface area contributed by atoms with Crippen molar-refractivity contribution in [2.24, 2.45) is 0 Å². The number of aliphatic hydroxyl groups is 1. The highest BCUT2D eigenvalue weighted by Gasteiger charge is 2.43. The molecule has 10 nitrogen and oxygen atoms in total. The van der Waals surface area contributed by atoms with Crippen LogP contribution in [0.4, 0.5) is 19.0 Å². The summed E-state index contributed by atoms with van der Waals surface area (Å²) in [7, 11) is 2.92. The molecule has 4 heterocycles. The van der Waals surface area contributed by atoms with E-state index in [0.29, 0.717) is 67.6 Å². The Balaban J connectivity index is 1.17. The maximum Gasteiger partial charge on any atom is 0.419 e. The number of hydrogen-bond donors (Lipinski definition) is 3. The molecule has 2 aromatic carbocycles. The second-order valence-electron chi connectivity index (χ2n) is 15.3. The van der Waals surface area contributed by atoms with Gasteiger partial charge in [0.05, 0.1) is 42.1 Å². The molecule has 292 valence electrons. The third kappa shape index (κ3) is 7.59. The summed E-state index contributed by atoms with van der Waals surface area (Å²) < 4.78 is 55.3. The lowest BCUT2D eigenvalue weighted by atomic mass is 9.88. The van der Waals surface area contributed by atoms with Gasteiger partial charge in [0.15, 0.2) is 0 Å². The van der Waals surface area contributed by atoms with Crippen LogP contribution in [0.1, 0.15) is 73.4 Å². The maximum absolute atomic E-state index is 14.7. The Hall–Kier alpha value is -4.43. The van der Waals surface area contributed by atoms with Gasteiger partial charge in [0.25, 0.3) is 0 Å². The zero-order valence-electron chi connectivity index (χ0n) is 31.3. The lowest BCUT2D eigenvalue weighted by Crippen LogP contribution is -2.59. The molecule has 0 amide bonds. The van der Waals surface area contributed by atoms with Gasteiger partial charge in [0, 0.05) is 48.4 Å². The minimum atomic E-state index is -4.74. The smallest absolute Gasteiger partial charge is 0.419 e. The monoisotopic (exact) mass is 779 g/mol. The van der Waals surface area contributed by atoms with Gasteiger partial charge >= 0.3 is 12.1 Å². The molecular formula is C41H45ClF3N5O5. The van der Waals surface area contributed by atoms with Crippen LogP contribution in [-0.2, 0) is 30.5 Å². The molecule has 2 saturated heterocycles. The first-order valence-corrected chi connectivity index (χ1v) is 18.8. The van der Waals surface area contributed by atoms with Gasteiger partial charge in [-0.2, -0.15) is 18.2 Å². The van der Waals surface area contributed by atoms with Crippen LogP contribution in [0.3, 0.4) is 0 Å². The van der Waals surface area contributed by atoms with E-state index in [2.05, 4.69) is 15.2 Å². The zero-order chi connectivity index (χ0) is 39.3. The van der Waals surface area contributed by atoms with E-state index in [4.69, 9.17) is 26.1 Å². The maximum atomic E-state index is 14.7. The number of likely N-dealkylation sites (tertiary alicyclic amines) is 2. The molecule has 7 rings (SSSR count). The van der Waals surface area contributed by atoms with E-state index in [0.717, 1.165) is 46.7 Å². The predicted octanol–water partition coefficient (Wildman–Crippen LogP) is 8.00. The Kier molecular flexibility index (Phi) is 10.5. The molecule has 2 fully saturated rings. The van der Waals surface area contributed by atoms with Gasteiger partial charge in [-0.05, 0) is 81.3 Å². The number of carboxylic acid groups (broad SMARTS) is 1. The van der Waals surface area contributed by atoms with Crippen molar-refractivity contribution in [2.45, 2.75) is 82.4 Å². The second kappa shape index (κ2) is 14.9. The molecule has 0 bridgehead atoms. The summed E-state index contributed by atoms with van der Waals surface area (Å²) in [5.41, 5.74) is 3.03. The lowest BCUT2D eigenvalue weighted by molar-refractivity contribution is -0.153. The van der Waals surface area contributed by atoms with Crippen LogP contribution in [0.5, 0.6) is 11.8 Å². The molecular weight excluding hydrogens is 735 g/mol. The van der Waals surface area contributed by atoms with Gasteiger partial charge in [-0.1, -0.05) is 54.1 Å². The fraction of sp³-hybridized carbons (Fsp3) is 0.439. The van der Waals surface area contributed by atoms with Crippen molar-refractivity contribution in [1.29, 1.82) is 0 Å². The van der Waals surface area contributed by atoms with Gasteiger partial charge in [0.2, 0.25) is 11.8 Å². The van der Waals surface area contributed by atoms with Crippen molar-refractivity contribution in [3.63, 3.8) is 0 Å². The Morgan fingerprint density at radius 3 is 2.35 bits per heavy atom. The minimum absolute atomic E-state index is 0.0105. The van der Waals surface area contributed by atoms with Crippen molar-refractivity contribution in [3.05, 3.63) is 87.4 Å². The molecule has 0 unspecified atom stereocenters. The van der Waals surface area contributed by atoms with Gasteiger partial charge in [0.1, 0.15) is 11.4 Å². The fourth-order valence-corrected chi connectivity index (χ4v) is 8.70. The zero-order valence-corrected chi connectivity index (χ0v) is 32.0. The highest BCUT2D eigenvalue weighted by Crippen LogP contribution is 2.46. The first kappa shape index (κ1) is 38.8. The highest BCUT2D eigenvalue weighted by molar-refractivity contribution is 6.36. The first-order chi connectivity index (χ1) is 26.1. The molecule has 1 aliphatic carbocycles. The number of hydrogen-bond acceptors (Lipinski definition) is 9. The number of nitrogens with one attached hydrogen (secondary N) is 1. The number of carbonyl (C=O) groups is 1. The number of aliphatic carboxylic acids is 1. The Morgan fingerprint density at radius 2 is 1.65 bits per heavy atom. The van der Waals surface area contributed by atoms with Crippen molar-refractivity contribution < 1.29 is 37.7 Å². The summed E-state index contributed by atoms with van der Waals surface area (Å²) in [6, 6.07) is 15.9. The lowest BCUT2D eigenvalue weighted by Gasteiger charge is -2.44. The number of alkyl halides is 3. The molecule has 2 atom stereocenters. The van der Waals surface area contributed by atoms with E-state index in [1.54, 1.807) is 18.9 Å². The first-order valence-electron chi connectivity index (χ1n) is 18.4. The van der Waals surface area contributed by atoms with Gasteiger partial charge < -0.3 is 25.0 Å². The summed E-state index contributed by atoms with van der Waals surface area (Å²) in [6.45, 7) is 5.53. The molecule has 0 radical (unpaired) electrons. The van der Waals surface area contributed by atoms with Crippen molar-refractivity contribution in [1.82, 2.24) is 19.8 Å². The summed E-state index contributed by atoms with van der Waals surface area (Å²) in [4.78, 5) is 25.2. The number of nitrogens with zero attached hydrogens (tertiary/aromatic N) is 4. The number of pyridine rings is 2. The van der Waals surface area contributed by atoms with E-state index in [-0.39, 0.29) is 23.8 Å². The summed E-state index contributed by atoms with van der Waals surface area (Å²) >= 11 is 7.13.